The van der Waals surface area contributed by atoms with Crippen molar-refractivity contribution in [1.29, 1.82) is 0 Å². The zero-order valence-corrected chi connectivity index (χ0v) is 15.3. The van der Waals surface area contributed by atoms with Crippen molar-refractivity contribution >= 4 is 34.7 Å². The van der Waals surface area contributed by atoms with Crippen molar-refractivity contribution < 1.29 is 37.2 Å². The van der Waals surface area contributed by atoms with E-state index in [2.05, 4.69) is 13.5 Å². The monoisotopic (exact) mass is 414 g/mol. The molecule has 0 bridgehead atoms. The van der Waals surface area contributed by atoms with Gasteiger partial charge in [-0.1, -0.05) is 6.07 Å². The Bertz CT molecular complexity index is 958. The van der Waals surface area contributed by atoms with Crippen LogP contribution in [0.25, 0.3) is 22.2 Å². The molecule has 3 aromatic rings. The van der Waals surface area contributed by atoms with Gasteiger partial charge in [0, 0.05) is 12.1 Å². The number of pyridine rings is 1. The maximum absolute atomic E-state index is 11.0. The molecule has 0 unspecified atom stereocenters. The molecule has 0 saturated heterocycles. The summed E-state index contributed by atoms with van der Waals surface area (Å²) in [6, 6.07) is 9.93. The van der Waals surface area contributed by atoms with Gasteiger partial charge in [0.05, 0.1) is 18.8 Å². The van der Waals surface area contributed by atoms with Gasteiger partial charge in [-0.25, -0.2) is 9.36 Å². The molecule has 11 heteroatoms. The van der Waals surface area contributed by atoms with E-state index in [1.807, 2.05) is 47.3 Å². The van der Waals surface area contributed by atoms with Crippen molar-refractivity contribution in [3.8, 4) is 11.1 Å². The number of aromatic nitrogens is 3. The van der Waals surface area contributed by atoms with Gasteiger partial charge in [0.1, 0.15) is 17.5 Å². The highest BCUT2D eigenvalue weighted by Crippen LogP contribution is 2.22. The summed E-state index contributed by atoms with van der Waals surface area (Å²) in [4.78, 5) is 20.0. The molecule has 0 aliphatic carbocycles. The minimum atomic E-state index is -4.85. The highest BCUT2D eigenvalue weighted by atomic mass is 32.1. The van der Waals surface area contributed by atoms with E-state index in [0.717, 1.165) is 22.2 Å². The van der Waals surface area contributed by atoms with Crippen molar-refractivity contribution in [2.24, 2.45) is 0 Å². The van der Waals surface area contributed by atoms with Crippen molar-refractivity contribution in [1.82, 2.24) is 8.75 Å². The molecule has 3 rings (SSSR count). The number of carbonyl (C=O) groups is 2. The Balaban J connectivity index is 0.000000300. The minimum absolute atomic E-state index is 0.125. The number of alkyl halides is 3. The fourth-order valence-electron chi connectivity index (χ4n) is 2.10. The van der Waals surface area contributed by atoms with Crippen LogP contribution in [-0.2, 0) is 20.9 Å². The van der Waals surface area contributed by atoms with Crippen LogP contribution in [0.3, 0.4) is 0 Å². The quantitative estimate of drug-likeness (QED) is 0.521. The average molecular weight is 414 g/mol. The molecule has 28 heavy (non-hydrogen) atoms. The number of hydrogen-bond donors (Lipinski definition) is 1. The number of hydrogen-bond acceptors (Lipinski definition) is 6. The van der Waals surface area contributed by atoms with Gasteiger partial charge in [-0.05, 0) is 23.3 Å². The first kappa shape index (κ1) is 21.2. The maximum atomic E-state index is 11.0. The van der Waals surface area contributed by atoms with E-state index >= 15 is 0 Å². The van der Waals surface area contributed by atoms with Gasteiger partial charge in [0.2, 0.25) is 0 Å². The van der Waals surface area contributed by atoms with Gasteiger partial charge in [-0.2, -0.15) is 21.9 Å². The molecule has 0 amide bonds. The van der Waals surface area contributed by atoms with Crippen LogP contribution in [0, 0.1) is 0 Å². The smallest absolute Gasteiger partial charge is 0.481 e. The van der Waals surface area contributed by atoms with E-state index in [1.165, 1.54) is 11.7 Å². The fraction of sp³-hybridized carbons (Fsp3) is 0.235. The molecule has 0 radical (unpaired) electrons. The SMILES string of the molecule is COC(=O)C(F)(F)F.O=C(O)CC[n+]1ccc(-c2ccc3nsnc3c2)cc1. The fourth-order valence-corrected chi connectivity index (χ4v) is 2.62. The Morgan fingerprint density at radius 2 is 1.75 bits per heavy atom. The third-order valence-electron chi connectivity index (χ3n) is 3.48. The number of rotatable bonds is 4. The number of esters is 1. The van der Waals surface area contributed by atoms with Gasteiger partial charge >= 0.3 is 18.1 Å². The lowest BCUT2D eigenvalue weighted by Crippen LogP contribution is -2.33. The van der Waals surface area contributed by atoms with Crippen molar-refractivity contribution in [3.63, 3.8) is 0 Å². The topological polar surface area (TPSA) is 93.3 Å². The molecular weight excluding hydrogens is 399 g/mol. The summed E-state index contributed by atoms with van der Waals surface area (Å²) in [5.74, 6) is -2.96. The van der Waals surface area contributed by atoms with Crippen LogP contribution in [0.15, 0.2) is 42.7 Å². The number of ether oxygens (including phenoxy) is 1. The van der Waals surface area contributed by atoms with Gasteiger partial charge < -0.3 is 9.84 Å². The van der Waals surface area contributed by atoms with Crippen LogP contribution in [0.5, 0.6) is 0 Å². The first-order chi connectivity index (χ1) is 13.2. The normalized spacial score (nSPS) is 10.9. The zero-order valence-electron chi connectivity index (χ0n) is 14.5. The van der Waals surface area contributed by atoms with Crippen LogP contribution >= 0.6 is 11.7 Å². The molecular formula is C17H15F3N3O4S+. The first-order valence-corrected chi connectivity index (χ1v) is 8.52. The lowest BCUT2D eigenvalue weighted by Gasteiger charge is -2.00. The molecule has 0 atom stereocenters. The lowest BCUT2D eigenvalue weighted by atomic mass is 10.1. The van der Waals surface area contributed by atoms with Crippen LogP contribution in [0.1, 0.15) is 6.42 Å². The van der Waals surface area contributed by atoms with Crippen molar-refractivity contribution in [2.75, 3.05) is 7.11 Å². The summed E-state index contributed by atoms with van der Waals surface area (Å²) < 4.78 is 46.5. The number of carboxylic acids is 1. The van der Waals surface area contributed by atoms with Gasteiger partial charge in [0.15, 0.2) is 18.9 Å². The molecule has 0 aliphatic rings. The maximum Gasteiger partial charge on any atom is 0.490 e. The number of methoxy groups -OCH3 is 1. The zero-order chi connectivity index (χ0) is 20.7. The highest BCUT2D eigenvalue weighted by Gasteiger charge is 2.40. The van der Waals surface area contributed by atoms with E-state index in [1.54, 1.807) is 0 Å². The summed E-state index contributed by atoms with van der Waals surface area (Å²) in [6.07, 6.45) is -0.946. The van der Waals surface area contributed by atoms with Crippen LogP contribution < -0.4 is 4.57 Å². The second-order valence-corrected chi connectivity index (χ2v) is 5.95. The van der Waals surface area contributed by atoms with Crippen LogP contribution in [0.4, 0.5) is 13.2 Å². The first-order valence-electron chi connectivity index (χ1n) is 7.79. The van der Waals surface area contributed by atoms with Crippen LogP contribution in [0.2, 0.25) is 0 Å². The second kappa shape index (κ2) is 9.22. The predicted molar refractivity (Wildman–Crippen MR) is 93.4 cm³/mol. The van der Waals surface area contributed by atoms with Gasteiger partial charge in [-0.15, -0.1) is 0 Å². The molecule has 0 fully saturated rings. The number of halogens is 3. The molecule has 1 N–H and O–H groups in total. The van der Waals surface area contributed by atoms with Gasteiger partial charge in [-0.3, -0.25) is 4.79 Å². The number of aliphatic carboxylic acids is 1. The van der Waals surface area contributed by atoms with E-state index in [9.17, 15) is 22.8 Å². The summed E-state index contributed by atoms with van der Waals surface area (Å²) in [5, 5.41) is 8.66. The number of fused-ring (bicyclic) bond motifs is 1. The molecule has 1 aromatic carbocycles. The summed E-state index contributed by atoms with van der Waals surface area (Å²) >= 11 is 1.21. The Morgan fingerprint density at radius 1 is 1.11 bits per heavy atom. The number of carboxylic acid groups (broad SMARTS) is 1. The molecule has 2 aromatic heterocycles. The average Bonchev–Trinajstić information content (AvgIpc) is 3.13. The molecule has 148 valence electrons. The Kier molecular flexibility index (Phi) is 6.99. The molecule has 0 spiro atoms. The highest BCUT2D eigenvalue weighted by molar-refractivity contribution is 7.00. The number of aryl methyl sites for hydroxylation is 1. The lowest BCUT2D eigenvalue weighted by molar-refractivity contribution is -0.695. The molecule has 0 saturated carbocycles. The number of benzene rings is 1. The Hall–Kier alpha value is -3.08. The van der Waals surface area contributed by atoms with E-state index < -0.39 is 18.1 Å². The largest absolute Gasteiger partial charge is 0.490 e. The molecule has 7 nitrogen and oxygen atoms in total. The number of carbonyl (C=O) groups excluding carboxylic acids is 1. The van der Waals surface area contributed by atoms with E-state index in [0.29, 0.717) is 13.7 Å². The Labute approximate surface area is 161 Å². The molecule has 2 heterocycles. The Morgan fingerprint density at radius 3 is 2.29 bits per heavy atom. The van der Waals surface area contributed by atoms with E-state index in [-0.39, 0.29) is 6.42 Å². The summed E-state index contributed by atoms with van der Waals surface area (Å²) in [7, 11) is 0.676. The third-order valence-corrected chi connectivity index (χ3v) is 4.04. The number of nitrogens with zero attached hydrogens (tertiary/aromatic N) is 3. The second-order valence-electron chi connectivity index (χ2n) is 5.43. The standard InChI is InChI=1S/C14H11N3O2S.C3H3F3O2/c18-14(19)5-8-17-6-3-10(4-7-17)11-1-2-12-13(9-11)16-20-15-12;1-8-2(7)3(4,5)6/h1-4,6-7,9H,5,8H2;1H3/p+1. The van der Waals surface area contributed by atoms with Crippen LogP contribution in [-0.4, -0.2) is 39.1 Å². The van der Waals surface area contributed by atoms with Crippen molar-refractivity contribution in [2.45, 2.75) is 19.1 Å². The predicted octanol–water partition coefficient (Wildman–Crippen LogP) is 2.84. The third kappa shape index (κ3) is 5.98. The van der Waals surface area contributed by atoms with Crippen molar-refractivity contribution in [3.05, 3.63) is 42.7 Å². The van der Waals surface area contributed by atoms with E-state index in [4.69, 9.17) is 5.11 Å². The summed E-state index contributed by atoms with van der Waals surface area (Å²) in [6.45, 7) is 0.477. The molecule has 0 aliphatic heterocycles. The van der Waals surface area contributed by atoms with Gasteiger partial charge in [0.25, 0.3) is 0 Å². The summed E-state index contributed by atoms with van der Waals surface area (Å²) in [5.41, 5.74) is 3.96. The minimum Gasteiger partial charge on any atom is -0.481 e.